The van der Waals surface area contributed by atoms with E-state index in [-0.39, 0.29) is 11.9 Å². The fraction of sp³-hybridized carbons (Fsp3) is 0.857. The second kappa shape index (κ2) is 3.67. The van der Waals surface area contributed by atoms with E-state index in [1.807, 2.05) is 0 Å². The maximum absolute atomic E-state index is 13.0. The highest BCUT2D eigenvalue weighted by Crippen LogP contribution is 2.07. The molecule has 0 bridgehead atoms. The predicted molar refractivity (Wildman–Crippen MR) is 40.0 cm³/mol. The lowest BCUT2D eigenvalue weighted by atomic mass is 10.1. The summed E-state index contributed by atoms with van der Waals surface area (Å²) < 4.78 is 13.0. The molecule has 0 saturated carbocycles. The van der Waals surface area contributed by atoms with E-state index in [0.717, 1.165) is 0 Å². The van der Waals surface area contributed by atoms with E-state index in [1.54, 1.807) is 0 Å². The first-order valence-corrected chi connectivity index (χ1v) is 3.82. The Bertz CT molecular complexity index is 151. The maximum Gasteiger partial charge on any atom is 0.217 e. The minimum Gasteiger partial charge on any atom is -0.349 e. The highest BCUT2D eigenvalue weighted by Gasteiger charge is 2.24. The summed E-state index contributed by atoms with van der Waals surface area (Å²) >= 11 is 0. The first kappa shape index (κ1) is 8.46. The number of hydrogen-bond donors (Lipinski definition) is 2. The number of carbonyl (C=O) groups is 1. The standard InChI is InChI=1S/C7H13FN2O/c1-5(11)10-7-4-9-3-2-6(7)8/h6-7,9H,2-4H2,1H3,(H,10,11). The van der Waals surface area contributed by atoms with Crippen LogP contribution in [0.1, 0.15) is 13.3 Å². The number of rotatable bonds is 1. The zero-order chi connectivity index (χ0) is 8.27. The van der Waals surface area contributed by atoms with Crippen LogP contribution in [-0.4, -0.2) is 31.2 Å². The molecule has 1 rings (SSSR count). The van der Waals surface area contributed by atoms with Gasteiger partial charge in [0.05, 0.1) is 6.04 Å². The molecule has 4 heteroatoms. The zero-order valence-electron chi connectivity index (χ0n) is 6.56. The van der Waals surface area contributed by atoms with Crippen LogP contribution in [0.2, 0.25) is 0 Å². The van der Waals surface area contributed by atoms with Gasteiger partial charge in [-0.05, 0) is 13.0 Å². The van der Waals surface area contributed by atoms with Crippen molar-refractivity contribution < 1.29 is 9.18 Å². The van der Waals surface area contributed by atoms with Gasteiger partial charge in [-0.25, -0.2) is 4.39 Å². The van der Waals surface area contributed by atoms with Crippen molar-refractivity contribution in [2.75, 3.05) is 13.1 Å². The van der Waals surface area contributed by atoms with Crippen molar-refractivity contribution in [3.63, 3.8) is 0 Å². The third kappa shape index (κ3) is 2.46. The predicted octanol–water partition coefficient (Wildman–Crippen LogP) is -0.178. The number of alkyl halides is 1. The molecular formula is C7H13FN2O. The molecule has 0 aromatic carbocycles. The largest absolute Gasteiger partial charge is 0.349 e. The Morgan fingerprint density at radius 1 is 1.73 bits per heavy atom. The number of hydrogen-bond acceptors (Lipinski definition) is 2. The SMILES string of the molecule is CC(=O)NC1CNCCC1F. The molecule has 64 valence electrons. The van der Waals surface area contributed by atoms with Crippen molar-refractivity contribution in [3.05, 3.63) is 0 Å². The lowest BCUT2D eigenvalue weighted by Crippen LogP contribution is -2.51. The Morgan fingerprint density at radius 3 is 3.00 bits per heavy atom. The molecule has 3 nitrogen and oxygen atoms in total. The molecule has 0 radical (unpaired) electrons. The van der Waals surface area contributed by atoms with Crippen LogP contribution in [-0.2, 0) is 4.79 Å². The van der Waals surface area contributed by atoms with Crippen molar-refractivity contribution in [1.29, 1.82) is 0 Å². The van der Waals surface area contributed by atoms with Gasteiger partial charge in [0.25, 0.3) is 0 Å². The molecule has 0 spiro atoms. The van der Waals surface area contributed by atoms with Crippen LogP contribution in [0.3, 0.4) is 0 Å². The second-order valence-corrected chi connectivity index (χ2v) is 2.82. The van der Waals surface area contributed by atoms with Crippen LogP contribution >= 0.6 is 0 Å². The van der Waals surface area contributed by atoms with Gasteiger partial charge in [-0.3, -0.25) is 4.79 Å². The van der Waals surface area contributed by atoms with Gasteiger partial charge < -0.3 is 10.6 Å². The summed E-state index contributed by atoms with van der Waals surface area (Å²) in [5, 5.41) is 5.57. The van der Waals surface area contributed by atoms with E-state index in [4.69, 9.17) is 0 Å². The van der Waals surface area contributed by atoms with Crippen molar-refractivity contribution in [2.24, 2.45) is 0 Å². The topological polar surface area (TPSA) is 41.1 Å². The highest BCUT2D eigenvalue weighted by atomic mass is 19.1. The third-order valence-electron chi connectivity index (χ3n) is 1.79. The monoisotopic (exact) mass is 160 g/mol. The van der Waals surface area contributed by atoms with E-state index in [1.165, 1.54) is 6.92 Å². The highest BCUT2D eigenvalue weighted by molar-refractivity contribution is 5.73. The molecule has 2 atom stereocenters. The van der Waals surface area contributed by atoms with Crippen molar-refractivity contribution >= 4 is 5.91 Å². The Balaban J connectivity index is 2.35. The fourth-order valence-electron chi connectivity index (χ4n) is 1.23. The molecule has 1 saturated heterocycles. The number of piperidine rings is 1. The number of carbonyl (C=O) groups excluding carboxylic acids is 1. The quantitative estimate of drug-likeness (QED) is 0.559. The molecule has 0 aromatic rings. The summed E-state index contributed by atoms with van der Waals surface area (Å²) in [6.07, 6.45) is -0.398. The summed E-state index contributed by atoms with van der Waals surface area (Å²) in [6, 6.07) is -0.332. The molecule has 0 aliphatic carbocycles. The Labute approximate surface area is 65.3 Å². The van der Waals surface area contributed by atoms with Crippen LogP contribution in [0.25, 0.3) is 0 Å². The molecule has 1 fully saturated rings. The van der Waals surface area contributed by atoms with Crippen molar-refractivity contribution in [3.8, 4) is 0 Å². The van der Waals surface area contributed by atoms with Crippen molar-refractivity contribution in [2.45, 2.75) is 25.6 Å². The lowest BCUT2D eigenvalue weighted by molar-refractivity contribution is -0.120. The molecule has 1 aliphatic rings. The summed E-state index contributed by atoms with van der Waals surface area (Å²) in [6.45, 7) is 2.65. The van der Waals surface area contributed by atoms with E-state index < -0.39 is 6.17 Å². The molecule has 2 N–H and O–H groups in total. The summed E-state index contributed by atoms with van der Waals surface area (Å²) in [5.41, 5.74) is 0. The average molecular weight is 160 g/mol. The zero-order valence-corrected chi connectivity index (χ0v) is 6.56. The molecule has 1 aliphatic heterocycles. The van der Waals surface area contributed by atoms with Gasteiger partial charge in [0.2, 0.25) is 5.91 Å². The van der Waals surface area contributed by atoms with Gasteiger partial charge in [0, 0.05) is 13.5 Å². The summed E-state index contributed by atoms with van der Waals surface area (Å²) in [7, 11) is 0. The average Bonchev–Trinajstić information content (AvgIpc) is 1.93. The van der Waals surface area contributed by atoms with Gasteiger partial charge in [0.15, 0.2) is 0 Å². The third-order valence-corrected chi connectivity index (χ3v) is 1.79. The second-order valence-electron chi connectivity index (χ2n) is 2.82. The van der Waals surface area contributed by atoms with Crippen LogP contribution in [0.5, 0.6) is 0 Å². The fourth-order valence-corrected chi connectivity index (χ4v) is 1.23. The van der Waals surface area contributed by atoms with Crippen LogP contribution in [0, 0.1) is 0 Å². The molecule has 0 aromatic heterocycles. The molecule has 11 heavy (non-hydrogen) atoms. The van der Waals surface area contributed by atoms with Gasteiger partial charge in [-0.15, -0.1) is 0 Å². The molecule has 1 amide bonds. The Morgan fingerprint density at radius 2 is 2.45 bits per heavy atom. The lowest BCUT2D eigenvalue weighted by Gasteiger charge is -2.26. The van der Waals surface area contributed by atoms with E-state index in [2.05, 4.69) is 10.6 Å². The molecular weight excluding hydrogens is 147 g/mol. The number of amides is 1. The first-order valence-electron chi connectivity index (χ1n) is 3.82. The van der Waals surface area contributed by atoms with Gasteiger partial charge >= 0.3 is 0 Å². The smallest absolute Gasteiger partial charge is 0.217 e. The number of nitrogens with one attached hydrogen (secondary N) is 2. The Kier molecular flexibility index (Phi) is 2.82. The van der Waals surface area contributed by atoms with Gasteiger partial charge in [0.1, 0.15) is 6.17 Å². The summed E-state index contributed by atoms with van der Waals surface area (Å²) in [4.78, 5) is 10.6. The van der Waals surface area contributed by atoms with Gasteiger partial charge in [-0.2, -0.15) is 0 Å². The minimum absolute atomic E-state index is 0.165. The maximum atomic E-state index is 13.0. The van der Waals surface area contributed by atoms with E-state index in [9.17, 15) is 9.18 Å². The first-order chi connectivity index (χ1) is 5.20. The minimum atomic E-state index is -0.889. The molecule has 2 unspecified atom stereocenters. The van der Waals surface area contributed by atoms with E-state index in [0.29, 0.717) is 19.5 Å². The number of halogens is 1. The van der Waals surface area contributed by atoms with Crippen molar-refractivity contribution in [1.82, 2.24) is 10.6 Å². The summed E-state index contributed by atoms with van der Waals surface area (Å²) in [5.74, 6) is -0.165. The van der Waals surface area contributed by atoms with E-state index >= 15 is 0 Å². The van der Waals surface area contributed by atoms with Gasteiger partial charge in [-0.1, -0.05) is 0 Å². The van der Waals surface area contributed by atoms with Crippen LogP contribution in [0.4, 0.5) is 4.39 Å². The van der Waals surface area contributed by atoms with Crippen LogP contribution in [0.15, 0.2) is 0 Å². The molecule has 1 heterocycles. The van der Waals surface area contributed by atoms with Crippen LogP contribution < -0.4 is 10.6 Å². The normalized spacial score (nSPS) is 31.5. The Hall–Kier alpha value is -0.640.